The molecule has 2 atom stereocenters. The Morgan fingerprint density at radius 2 is 1.96 bits per heavy atom. The second kappa shape index (κ2) is 7.15. The van der Waals surface area contributed by atoms with Crippen LogP contribution in [0, 0.1) is 0 Å². The Morgan fingerprint density at radius 3 is 2.63 bits per heavy atom. The first-order valence-corrected chi connectivity index (χ1v) is 9.98. The Balaban J connectivity index is 1.50. The van der Waals surface area contributed by atoms with Gasteiger partial charge in [0.1, 0.15) is 6.10 Å². The highest BCUT2D eigenvalue weighted by Gasteiger charge is 2.46. The second-order valence-corrected chi connectivity index (χ2v) is 8.30. The Hall–Kier alpha value is -2.08. The van der Waals surface area contributed by atoms with Crippen LogP contribution in [0.4, 0.5) is 4.79 Å². The van der Waals surface area contributed by atoms with Crippen molar-refractivity contribution in [3.8, 4) is 0 Å². The molecule has 0 bridgehead atoms. The van der Waals surface area contributed by atoms with Crippen molar-refractivity contribution in [2.75, 3.05) is 33.8 Å². The normalized spacial score (nSPS) is 26.1. The maximum Gasteiger partial charge on any atom is 0.319 e. The summed E-state index contributed by atoms with van der Waals surface area (Å²) in [7, 11) is 3.60. The number of likely N-dealkylation sites (tertiary alicyclic amines) is 1. The second-order valence-electron chi connectivity index (χ2n) is 8.30. The van der Waals surface area contributed by atoms with Crippen LogP contribution in [0.25, 0.3) is 0 Å². The van der Waals surface area contributed by atoms with E-state index in [1.54, 1.807) is 19.0 Å². The number of carbonyl (C=O) groups excluding carboxylic acids is 2. The third kappa shape index (κ3) is 3.31. The molecule has 4 rings (SSSR count). The predicted octanol–water partition coefficient (Wildman–Crippen LogP) is 2.44. The molecule has 1 aromatic carbocycles. The van der Waals surface area contributed by atoms with E-state index in [9.17, 15) is 9.59 Å². The van der Waals surface area contributed by atoms with Crippen LogP contribution >= 0.6 is 0 Å². The number of hydrogen-bond donors (Lipinski definition) is 1. The lowest BCUT2D eigenvalue weighted by Crippen LogP contribution is -2.48. The lowest BCUT2D eigenvalue weighted by atomic mass is 9.73. The average molecular weight is 371 g/mol. The Morgan fingerprint density at radius 1 is 1.22 bits per heavy atom. The molecule has 6 nitrogen and oxygen atoms in total. The molecule has 0 aromatic heterocycles. The summed E-state index contributed by atoms with van der Waals surface area (Å²) in [6.07, 6.45) is 4.26. The molecule has 1 spiro atoms. The van der Waals surface area contributed by atoms with Crippen molar-refractivity contribution < 1.29 is 14.3 Å². The van der Waals surface area contributed by atoms with Gasteiger partial charge in [-0.3, -0.25) is 4.79 Å². The van der Waals surface area contributed by atoms with Gasteiger partial charge in [-0.05, 0) is 43.2 Å². The molecule has 2 aliphatic heterocycles. The van der Waals surface area contributed by atoms with Gasteiger partial charge in [-0.15, -0.1) is 0 Å². The fraction of sp³-hybridized carbons (Fsp3) is 0.619. The minimum atomic E-state index is -0.298. The SMILES string of the molecule is CN(C)C(=O)N1CCC2(CC1)C[C@@H](NC(=O)[C@H]1CCCO1)c1ccccc12. The summed E-state index contributed by atoms with van der Waals surface area (Å²) in [4.78, 5) is 28.5. The number of benzene rings is 1. The minimum absolute atomic E-state index is 0.0181. The number of ether oxygens (including phenoxy) is 1. The van der Waals surface area contributed by atoms with Gasteiger partial charge in [0.25, 0.3) is 0 Å². The summed E-state index contributed by atoms with van der Waals surface area (Å²) in [6.45, 7) is 2.20. The number of fused-ring (bicyclic) bond motifs is 2. The minimum Gasteiger partial charge on any atom is -0.368 e. The van der Waals surface area contributed by atoms with E-state index in [2.05, 4.69) is 23.5 Å². The molecule has 1 N–H and O–H groups in total. The van der Waals surface area contributed by atoms with Crippen LogP contribution in [0.1, 0.15) is 49.3 Å². The van der Waals surface area contributed by atoms with E-state index >= 15 is 0 Å². The van der Waals surface area contributed by atoms with E-state index in [-0.39, 0.29) is 29.5 Å². The Labute approximate surface area is 160 Å². The van der Waals surface area contributed by atoms with Crippen LogP contribution in [0.15, 0.2) is 24.3 Å². The summed E-state index contributed by atoms with van der Waals surface area (Å²) in [5.74, 6) is 0.0181. The summed E-state index contributed by atoms with van der Waals surface area (Å²) < 4.78 is 5.55. The standard InChI is InChI=1S/C21H29N3O3/c1-23(2)20(26)24-11-9-21(10-12-24)14-17(15-6-3-4-7-16(15)21)22-19(25)18-8-5-13-27-18/h3-4,6-7,17-18H,5,8-14H2,1-2H3,(H,22,25)/t17-,18-/m1/s1. The number of nitrogens with one attached hydrogen (secondary N) is 1. The largest absolute Gasteiger partial charge is 0.368 e. The summed E-state index contributed by atoms with van der Waals surface area (Å²) in [5, 5.41) is 3.25. The van der Waals surface area contributed by atoms with E-state index in [4.69, 9.17) is 4.74 Å². The van der Waals surface area contributed by atoms with E-state index < -0.39 is 0 Å². The molecule has 1 aliphatic carbocycles. The maximum atomic E-state index is 12.6. The molecular formula is C21H29N3O3. The lowest BCUT2D eigenvalue weighted by molar-refractivity contribution is -0.130. The van der Waals surface area contributed by atoms with Crippen molar-refractivity contribution in [3.05, 3.63) is 35.4 Å². The van der Waals surface area contributed by atoms with Crippen molar-refractivity contribution in [3.63, 3.8) is 0 Å². The van der Waals surface area contributed by atoms with Crippen LogP contribution in [-0.4, -0.2) is 61.6 Å². The van der Waals surface area contributed by atoms with Crippen molar-refractivity contribution in [1.29, 1.82) is 0 Å². The molecule has 2 saturated heterocycles. The molecule has 0 radical (unpaired) electrons. The van der Waals surface area contributed by atoms with Gasteiger partial charge < -0.3 is 19.9 Å². The first kappa shape index (κ1) is 18.3. The van der Waals surface area contributed by atoms with Gasteiger partial charge in [-0.2, -0.15) is 0 Å². The molecule has 6 heteroatoms. The highest BCUT2D eigenvalue weighted by atomic mass is 16.5. The summed E-state index contributed by atoms with van der Waals surface area (Å²) in [5.41, 5.74) is 2.63. The number of nitrogens with zero attached hydrogens (tertiary/aromatic N) is 2. The maximum absolute atomic E-state index is 12.6. The molecule has 3 amide bonds. The van der Waals surface area contributed by atoms with Crippen LogP contribution in [-0.2, 0) is 14.9 Å². The van der Waals surface area contributed by atoms with Gasteiger partial charge >= 0.3 is 6.03 Å². The van der Waals surface area contributed by atoms with Crippen molar-refractivity contribution in [2.45, 2.75) is 49.7 Å². The molecule has 27 heavy (non-hydrogen) atoms. The quantitative estimate of drug-likeness (QED) is 0.869. The zero-order valence-electron chi connectivity index (χ0n) is 16.2. The zero-order chi connectivity index (χ0) is 19.0. The van der Waals surface area contributed by atoms with Gasteiger partial charge in [-0.25, -0.2) is 4.79 Å². The third-order valence-corrected chi connectivity index (χ3v) is 6.41. The fourth-order valence-corrected chi connectivity index (χ4v) is 4.95. The lowest BCUT2D eigenvalue weighted by Gasteiger charge is -2.41. The average Bonchev–Trinajstić information content (AvgIpc) is 3.30. The van der Waals surface area contributed by atoms with Gasteiger partial charge in [0.2, 0.25) is 5.91 Å². The van der Waals surface area contributed by atoms with Crippen molar-refractivity contribution in [2.24, 2.45) is 0 Å². The van der Waals surface area contributed by atoms with Crippen molar-refractivity contribution >= 4 is 11.9 Å². The number of piperidine rings is 1. The molecule has 2 fully saturated rings. The molecular weight excluding hydrogens is 342 g/mol. The van der Waals surface area contributed by atoms with Crippen LogP contribution in [0.5, 0.6) is 0 Å². The Kier molecular flexibility index (Phi) is 4.84. The smallest absolute Gasteiger partial charge is 0.319 e. The predicted molar refractivity (Wildman–Crippen MR) is 102 cm³/mol. The highest BCUT2D eigenvalue weighted by Crippen LogP contribution is 2.50. The first-order chi connectivity index (χ1) is 13.0. The number of carbonyl (C=O) groups is 2. The molecule has 146 valence electrons. The molecule has 0 saturated carbocycles. The summed E-state index contributed by atoms with van der Waals surface area (Å²) >= 11 is 0. The van der Waals surface area contributed by atoms with Gasteiger partial charge in [0, 0.05) is 39.2 Å². The van der Waals surface area contributed by atoms with Gasteiger partial charge in [0.15, 0.2) is 0 Å². The van der Waals surface area contributed by atoms with Crippen LogP contribution < -0.4 is 5.32 Å². The number of amides is 3. The fourth-order valence-electron chi connectivity index (χ4n) is 4.95. The van der Waals surface area contributed by atoms with E-state index in [0.29, 0.717) is 6.61 Å². The molecule has 1 aromatic rings. The van der Waals surface area contributed by atoms with Crippen LogP contribution in [0.2, 0.25) is 0 Å². The highest BCUT2D eigenvalue weighted by molar-refractivity contribution is 5.81. The monoisotopic (exact) mass is 371 g/mol. The number of rotatable bonds is 2. The number of urea groups is 1. The topological polar surface area (TPSA) is 61.9 Å². The molecule has 3 aliphatic rings. The third-order valence-electron chi connectivity index (χ3n) is 6.41. The number of hydrogen-bond acceptors (Lipinski definition) is 3. The van der Waals surface area contributed by atoms with Crippen LogP contribution in [0.3, 0.4) is 0 Å². The van der Waals surface area contributed by atoms with Gasteiger partial charge in [0.05, 0.1) is 6.04 Å². The molecule has 2 heterocycles. The summed E-state index contributed by atoms with van der Waals surface area (Å²) in [6, 6.07) is 8.60. The van der Waals surface area contributed by atoms with E-state index in [0.717, 1.165) is 45.2 Å². The molecule has 0 unspecified atom stereocenters. The van der Waals surface area contributed by atoms with Crippen molar-refractivity contribution in [1.82, 2.24) is 15.1 Å². The zero-order valence-corrected chi connectivity index (χ0v) is 16.2. The van der Waals surface area contributed by atoms with E-state index in [1.807, 2.05) is 11.0 Å². The Bertz CT molecular complexity index is 719. The first-order valence-electron chi connectivity index (χ1n) is 9.98. The van der Waals surface area contributed by atoms with Gasteiger partial charge in [-0.1, -0.05) is 24.3 Å². The van der Waals surface area contributed by atoms with E-state index in [1.165, 1.54) is 11.1 Å².